The SMILES string of the molecule is Cc1c2n(ccc1=O)NCN([C@H](C)C(F)(F)F)C2=O.FC(F)(F)Oc1ccc2c(c1)CSc1ccccc1C2. The summed E-state index contributed by atoms with van der Waals surface area (Å²) in [4.78, 5) is 25.4. The van der Waals surface area contributed by atoms with Crippen LogP contribution in [0.15, 0.2) is 64.4 Å². The van der Waals surface area contributed by atoms with Crippen molar-refractivity contribution in [2.24, 2.45) is 0 Å². The van der Waals surface area contributed by atoms with Crippen LogP contribution in [0.1, 0.15) is 39.7 Å². The van der Waals surface area contributed by atoms with Gasteiger partial charge in [0.15, 0.2) is 5.43 Å². The minimum atomic E-state index is -4.64. The van der Waals surface area contributed by atoms with Crippen molar-refractivity contribution >= 4 is 17.7 Å². The monoisotopic (exact) mass is 571 g/mol. The molecule has 1 N–H and O–H groups in total. The number of nitrogens with zero attached hydrogens (tertiary/aromatic N) is 2. The van der Waals surface area contributed by atoms with E-state index in [1.807, 2.05) is 18.2 Å². The molecule has 3 heterocycles. The summed E-state index contributed by atoms with van der Waals surface area (Å²) in [6.07, 6.45) is -7.08. The van der Waals surface area contributed by atoms with E-state index in [1.165, 1.54) is 46.5 Å². The fraction of sp³-hybridized carbons (Fsp3) is 0.308. The number of fused-ring (bicyclic) bond motifs is 3. The highest BCUT2D eigenvalue weighted by atomic mass is 32.2. The van der Waals surface area contributed by atoms with Gasteiger partial charge in [0.1, 0.15) is 24.2 Å². The first-order valence-corrected chi connectivity index (χ1v) is 12.6. The minimum absolute atomic E-state index is 0.0603. The first-order valence-electron chi connectivity index (χ1n) is 11.7. The van der Waals surface area contributed by atoms with Gasteiger partial charge in [0.2, 0.25) is 0 Å². The molecular formula is C26H23F6N3O3S. The van der Waals surface area contributed by atoms with E-state index < -0.39 is 24.5 Å². The molecule has 13 heteroatoms. The number of carbonyl (C=O) groups is 1. The topological polar surface area (TPSA) is 63.6 Å². The van der Waals surface area contributed by atoms with Crippen LogP contribution in [-0.4, -0.2) is 40.7 Å². The number of nitrogens with one attached hydrogen (secondary N) is 1. The Labute approximate surface area is 223 Å². The zero-order valence-electron chi connectivity index (χ0n) is 20.7. The lowest BCUT2D eigenvalue weighted by Crippen LogP contribution is -2.54. The molecule has 6 nitrogen and oxygen atoms in total. The molecule has 0 fully saturated rings. The zero-order chi connectivity index (χ0) is 28.5. The Morgan fingerprint density at radius 2 is 1.69 bits per heavy atom. The molecule has 0 spiro atoms. The minimum Gasteiger partial charge on any atom is -0.406 e. The van der Waals surface area contributed by atoms with Gasteiger partial charge in [0, 0.05) is 28.5 Å². The normalized spacial score (nSPS) is 15.5. The van der Waals surface area contributed by atoms with Gasteiger partial charge in [-0.3, -0.25) is 14.3 Å². The first kappa shape index (κ1) is 28.4. The van der Waals surface area contributed by atoms with Crippen molar-refractivity contribution in [2.45, 2.75) is 49.5 Å². The number of ether oxygens (including phenoxy) is 1. The van der Waals surface area contributed by atoms with Crippen molar-refractivity contribution in [3.63, 3.8) is 0 Å². The number of hydrogen-bond acceptors (Lipinski definition) is 5. The second-order valence-electron chi connectivity index (χ2n) is 8.88. The quantitative estimate of drug-likeness (QED) is 0.392. The van der Waals surface area contributed by atoms with Gasteiger partial charge < -0.3 is 15.1 Å². The molecule has 0 radical (unpaired) electrons. The van der Waals surface area contributed by atoms with Gasteiger partial charge in [0.25, 0.3) is 5.91 Å². The van der Waals surface area contributed by atoms with Crippen LogP contribution in [0.3, 0.4) is 0 Å². The van der Waals surface area contributed by atoms with E-state index in [2.05, 4.69) is 16.2 Å². The van der Waals surface area contributed by atoms with Gasteiger partial charge in [-0.25, -0.2) is 0 Å². The fourth-order valence-corrected chi connectivity index (χ4v) is 5.22. The van der Waals surface area contributed by atoms with Crippen LogP contribution in [0.2, 0.25) is 0 Å². The van der Waals surface area contributed by atoms with Gasteiger partial charge >= 0.3 is 12.5 Å². The van der Waals surface area contributed by atoms with E-state index in [-0.39, 0.29) is 29.1 Å². The molecule has 5 rings (SSSR count). The Kier molecular flexibility index (Phi) is 7.92. The first-order chi connectivity index (χ1) is 18.2. The average molecular weight is 572 g/mol. The number of aromatic nitrogens is 1. The number of amides is 1. The Bertz CT molecular complexity index is 1440. The highest BCUT2D eigenvalue weighted by Crippen LogP contribution is 2.36. The van der Waals surface area contributed by atoms with Gasteiger partial charge in [-0.15, -0.1) is 24.9 Å². The van der Waals surface area contributed by atoms with Gasteiger partial charge in [-0.2, -0.15) is 13.2 Å². The van der Waals surface area contributed by atoms with Crippen molar-refractivity contribution in [1.82, 2.24) is 9.58 Å². The lowest BCUT2D eigenvalue weighted by molar-refractivity contribution is -0.274. The van der Waals surface area contributed by atoms with Crippen LogP contribution in [0.4, 0.5) is 26.3 Å². The predicted octanol–water partition coefficient (Wildman–Crippen LogP) is 5.85. The highest BCUT2D eigenvalue weighted by Gasteiger charge is 2.44. The molecule has 0 saturated heterocycles. The van der Waals surface area contributed by atoms with Gasteiger partial charge in [0.05, 0.1) is 0 Å². The second kappa shape index (κ2) is 10.9. The maximum Gasteiger partial charge on any atom is 0.573 e. The number of hydrogen-bond donors (Lipinski definition) is 1. The molecule has 1 aromatic heterocycles. The van der Waals surface area contributed by atoms with Crippen molar-refractivity contribution in [3.8, 4) is 5.75 Å². The van der Waals surface area contributed by atoms with Crippen molar-refractivity contribution < 1.29 is 35.9 Å². The summed E-state index contributed by atoms with van der Waals surface area (Å²) in [5, 5.41) is 0. The summed E-state index contributed by atoms with van der Waals surface area (Å²) in [7, 11) is 0. The van der Waals surface area contributed by atoms with Crippen LogP contribution >= 0.6 is 11.8 Å². The number of alkyl halides is 6. The van der Waals surface area contributed by atoms with Crippen LogP contribution in [0.25, 0.3) is 0 Å². The summed E-state index contributed by atoms with van der Waals surface area (Å²) < 4.78 is 80.0. The number of thioether (sulfide) groups is 1. The van der Waals surface area contributed by atoms with E-state index in [0.29, 0.717) is 10.7 Å². The van der Waals surface area contributed by atoms with Crippen LogP contribution in [0, 0.1) is 6.92 Å². The number of halogens is 6. The van der Waals surface area contributed by atoms with E-state index in [9.17, 15) is 35.9 Å². The molecule has 0 bridgehead atoms. The van der Waals surface area contributed by atoms with Gasteiger partial charge in [-0.05, 0) is 55.2 Å². The number of rotatable bonds is 2. The highest BCUT2D eigenvalue weighted by molar-refractivity contribution is 7.98. The molecular weight excluding hydrogens is 548 g/mol. The summed E-state index contributed by atoms with van der Waals surface area (Å²) >= 11 is 1.64. The summed E-state index contributed by atoms with van der Waals surface area (Å²) in [5.74, 6) is -0.303. The lowest BCUT2D eigenvalue weighted by atomic mass is 10.0. The third-order valence-electron chi connectivity index (χ3n) is 6.30. The molecule has 1 amide bonds. The molecule has 208 valence electrons. The van der Waals surface area contributed by atoms with E-state index in [1.54, 1.807) is 17.8 Å². The molecule has 2 aliphatic rings. The molecule has 0 saturated carbocycles. The Hall–Kier alpha value is -3.61. The molecule has 3 aromatic rings. The molecule has 0 aliphatic carbocycles. The summed E-state index contributed by atoms with van der Waals surface area (Å²) in [6, 6.07) is 12.0. The lowest BCUT2D eigenvalue weighted by Gasteiger charge is -2.36. The smallest absolute Gasteiger partial charge is 0.406 e. The van der Waals surface area contributed by atoms with E-state index in [4.69, 9.17) is 0 Å². The third-order valence-corrected chi connectivity index (χ3v) is 7.47. The largest absolute Gasteiger partial charge is 0.573 e. The van der Waals surface area contributed by atoms with E-state index in [0.717, 1.165) is 24.5 Å². The molecule has 0 unspecified atom stereocenters. The maximum absolute atomic E-state index is 12.7. The van der Waals surface area contributed by atoms with Gasteiger partial charge in [-0.1, -0.05) is 24.3 Å². The Morgan fingerprint density at radius 3 is 2.38 bits per heavy atom. The number of pyridine rings is 1. The van der Waals surface area contributed by atoms with E-state index >= 15 is 0 Å². The van der Waals surface area contributed by atoms with Crippen molar-refractivity contribution in [2.75, 3.05) is 12.1 Å². The number of carbonyl (C=O) groups excluding carboxylic acids is 1. The zero-order valence-corrected chi connectivity index (χ0v) is 21.5. The molecule has 39 heavy (non-hydrogen) atoms. The van der Waals surface area contributed by atoms with Crippen LogP contribution < -0.4 is 15.6 Å². The Morgan fingerprint density at radius 1 is 0.974 bits per heavy atom. The van der Waals surface area contributed by atoms with Crippen LogP contribution in [0.5, 0.6) is 5.75 Å². The maximum atomic E-state index is 12.7. The standard InChI is InChI=1S/C15H11F3OS.C11H12F3N3O2/c16-15(17,18)19-13-6-5-10-7-11-3-1-2-4-14(11)20-9-12(10)8-13;1-6-8(18)3-4-17-9(6)10(19)16(5-15-17)7(2)11(12,13)14/h1-6,8H,7,9H2;3-4,7,15H,5H2,1-2H3/t;7-/m.1/s1. The second-order valence-corrected chi connectivity index (χ2v) is 9.90. The summed E-state index contributed by atoms with van der Waals surface area (Å²) in [6.45, 7) is 2.05. The number of benzene rings is 2. The van der Waals surface area contributed by atoms with Crippen LogP contribution in [-0.2, 0) is 12.2 Å². The van der Waals surface area contributed by atoms with Crippen molar-refractivity contribution in [3.05, 3.63) is 92.9 Å². The fourth-order valence-electron chi connectivity index (χ4n) is 4.14. The van der Waals surface area contributed by atoms with Crippen molar-refractivity contribution in [1.29, 1.82) is 0 Å². The average Bonchev–Trinajstić information content (AvgIpc) is 3.04. The predicted molar refractivity (Wildman–Crippen MR) is 133 cm³/mol. The summed E-state index contributed by atoms with van der Waals surface area (Å²) in [5.41, 5.74) is 5.48. The molecule has 2 aromatic carbocycles. The third kappa shape index (κ3) is 6.52. The Balaban J connectivity index is 0.000000181. The molecule has 2 aliphatic heterocycles. The molecule has 1 atom stereocenters.